The Kier molecular flexibility index (Phi) is 4.34. The van der Waals surface area contributed by atoms with Gasteiger partial charge in [-0.15, -0.1) is 0 Å². The third kappa shape index (κ3) is 3.42. The molecule has 1 atom stereocenters. The smallest absolute Gasteiger partial charge is 0.273 e. The van der Waals surface area contributed by atoms with E-state index in [-0.39, 0.29) is 17.6 Å². The van der Waals surface area contributed by atoms with Gasteiger partial charge in [-0.1, -0.05) is 34.1 Å². The molecule has 0 radical (unpaired) electrons. The minimum absolute atomic E-state index is 0.236. The van der Waals surface area contributed by atoms with Gasteiger partial charge in [-0.05, 0) is 18.6 Å². The van der Waals surface area contributed by atoms with Crippen molar-refractivity contribution in [3.05, 3.63) is 52.1 Å². The molecule has 0 saturated heterocycles. The molecule has 0 fully saturated rings. The van der Waals surface area contributed by atoms with Crippen LogP contribution in [0.1, 0.15) is 34.9 Å². The molecule has 0 aliphatic heterocycles. The minimum Gasteiger partial charge on any atom is -0.446 e. The second-order valence-electron chi connectivity index (χ2n) is 4.13. The Morgan fingerprint density at radius 3 is 2.89 bits per heavy atom. The number of aromatic nitrogens is 1. The quantitative estimate of drug-likeness (QED) is 0.905. The second kappa shape index (κ2) is 5.99. The number of hydrogen-bond donors (Lipinski definition) is 2. The molecule has 1 unspecified atom stereocenters. The van der Waals surface area contributed by atoms with Crippen LogP contribution in [0.4, 0.5) is 0 Å². The van der Waals surface area contributed by atoms with Gasteiger partial charge in [-0.25, -0.2) is 4.98 Å². The maximum atomic E-state index is 11.9. The summed E-state index contributed by atoms with van der Waals surface area (Å²) in [5, 5.41) is 2.78. The van der Waals surface area contributed by atoms with Gasteiger partial charge in [0.25, 0.3) is 5.91 Å². The lowest BCUT2D eigenvalue weighted by molar-refractivity contribution is 0.0946. The number of oxazole rings is 1. The first kappa shape index (κ1) is 13.8. The van der Waals surface area contributed by atoms with Crippen molar-refractivity contribution >= 4 is 21.8 Å². The zero-order valence-corrected chi connectivity index (χ0v) is 12.0. The van der Waals surface area contributed by atoms with Gasteiger partial charge in [-0.3, -0.25) is 4.79 Å². The summed E-state index contributed by atoms with van der Waals surface area (Å²) in [4.78, 5) is 15.9. The molecule has 1 aromatic heterocycles. The highest BCUT2D eigenvalue weighted by Crippen LogP contribution is 2.15. The van der Waals surface area contributed by atoms with Crippen LogP contribution in [0.15, 0.2) is 39.4 Å². The SMILES string of the molecule is CC(N)c1nc(C(=O)NCc2ccccc2Br)co1. The number of nitrogens with one attached hydrogen (secondary N) is 1. The molecule has 6 heteroatoms. The number of carbonyl (C=O) groups is 1. The van der Waals surface area contributed by atoms with Crippen LogP contribution in [0.25, 0.3) is 0 Å². The molecule has 100 valence electrons. The van der Waals surface area contributed by atoms with E-state index in [1.807, 2.05) is 24.3 Å². The number of nitrogens with two attached hydrogens (primary N) is 1. The highest BCUT2D eigenvalue weighted by Gasteiger charge is 2.14. The summed E-state index contributed by atoms with van der Waals surface area (Å²) in [6.07, 6.45) is 1.31. The van der Waals surface area contributed by atoms with Gasteiger partial charge in [0.2, 0.25) is 5.89 Å². The molecular formula is C13H14BrN3O2. The zero-order valence-electron chi connectivity index (χ0n) is 10.4. The fourth-order valence-corrected chi connectivity index (χ4v) is 1.93. The van der Waals surface area contributed by atoms with E-state index in [0.717, 1.165) is 10.0 Å². The molecule has 19 heavy (non-hydrogen) atoms. The van der Waals surface area contributed by atoms with Crippen molar-refractivity contribution in [1.82, 2.24) is 10.3 Å². The zero-order chi connectivity index (χ0) is 13.8. The molecule has 3 N–H and O–H groups in total. The first-order valence-electron chi connectivity index (χ1n) is 5.80. The summed E-state index contributed by atoms with van der Waals surface area (Å²) in [7, 11) is 0. The molecule has 1 amide bonds. The number of benzene rings is 1. The predicted octanol–water partition coefficient (Wildman–Crippen LogP) is 2.39. The predicted molar refractivity (Wildman–Crippen MR) is 74.4 cm³/mol. The topological polar surface area (TPSA) is 81.1 Å². The van der Waals surface area contributed by atoms with Crippen molar-refractivity contribution in [3.8, 4) is 0 Å². The van der Waals surface area contributed by atoms with Crippen molar-refractivity contribution in [1.29, 1.82) is 0 Å². The number of amides is 1. The van der Waals surface area contributed by atoms with Gasteiger partial charge in [-0.2, -0.15) is 0 Å². The minimum atomic E-state index is -0.329. The lowest BCUT2D eigenvalue weighted by atomic mass is 10.2. The first-order valence-corrected chi connectivity index (χ1v) is 6.60. The van der Waals surface area contributed by atoms with E-state index in [1.165, 1.54) is 6.26 Å². The van der Waals surface area contributed by atoms with Crippen LogP contribution in [0.2, 0.25) is 0 Å². The Balaban J connectivity index is 1.99. The van der Waals surface area contributed by atoms with Crippen molar-refractivity contribution in [2.45, 2.75) is 19.5 Å². The molecule has 0 aliphatic rings. The summed E-state index contributed by atoms with van der Waals surface area (Å²) in [6, 6.07) is 7.36. The maximum absolute atomic E-state index is 11.9. The lowest BCUT2D eigenvalue weighted by Gasteiger charge is -2.05. The van der Waals surface area contributed by atoms with Crippen LogP contribution >= 0.6 is 15.9 Å². The molecule has 0 aliphatic carbocycles. The van der Waals surface area contributed by atoms with E-state index in [2.05, 4.69) is 26.2 Å². The average Bonchev–Trinajstić information content (AvgIpc) is 2.87. The van der Waals surface area contributed by atoms with Crippen LogP contribution in [0.5, 0.6) is 0 Å². The van der Waals surface area contributed by atoms with Crippen molar-refractivity contribution in [3.63, 3.8) is 0 Å². The fourth-order valence-electron chi connectivity index (χ4n) is 1.51. The highest BCUT2D eigenvalue weighted by atomic mass is 79.9. The molecule has 0 saturated carbocycles. The third-order valence-corrected chi connectivity index (χ3v) is 3.31. The summed E-state index contributed by atoms with van der Waals surface area (Å²) in [6.45, 7) is 2.16. The molecule has 2 aromatic rings. The maximum Gasteiger partial charge on any atom is 0.273 e. The van der Waals surface area contributed by atoms with E-state index in [1.54, 1.807) is 6.92 Å². The van der Waals surface area contributed by atoms with Crippen LogP contribution in [-0.2, 0) is 6.54 Å². The van der Waals surface area contributed by atoms with Crippen molar-refractivity contribution in [2.24, 2.45) is 5.73 Å². The number of halogens is 1. The first-order chi connectivity index (χ1) is 9.08. The molecule has 1 heterocycles. The molecule has 0 bridgehead atoms. The number of carbonyl (C=O) groups excluding carboxylic acids is 1. The molecule has 1 aromatic carbocycles. The van der Waals surface area contributed by atoms with E-state index in [9.17, 15) is 4.79 Å². The molecule has 0 spiro atoms. The highest BCUT2D eigenvalue weighted by molar-refractivity contribution is 9.10. The Hall–Kier alpha value is -1.66. The van der Waals surface area contributed by atoms with Crippen molar-refractivity contribution < 1.29 is 9.21 Å². The molecule has 2 rings (SSSR count). The standard InChI is InChI=1S/C13H14BrN3O2/c1-8(15)13-17-11(7-19-13)12(18)16-6-9-4-2-3-5-10(9)14/h2-5,7-8H,6,15H2,1H3,(H,16,18). The van der Waals surface area contributed by atoms with Crippen LogP contribution < -0.4 is 11.1 Å². The summed E-state index contributed by atoms with van der Waals surface area (Å²) in [5.74, 6) is 0.0671. The second-order valence-corrected chi connectivity index (χ2v) is 4.99. The molecular weight excluding hydrogens is 310 g/mol. The van der Waals surface area contributed by atoms with Gasteiger partial charge in [0.1, 0.15) is 6.26 Å². The van der Waals surface area contributed by atoms with Gasteiger partial charge in [0.05, 0.1) is 6.04 Å². The van der Waals surface area contributed by atoms with E-state index < -0.39 is 0 Å². The molecule has 5 nitrogen and oxygen atoms in total. The third-order valence-electron chi connectivity index (χ3n) is 2.54. The van der Waals surface area contributed by atoms with Crippen LogP contribution in [0.3, 0.4) is 0 Å². The Morgan fingerprint density at radius 1 is 1.53 bits per heavy atom. The van der Waals surface area contributed by atoms with Gasteiger partial charge in [0, 0.05) is 11.0 Å². The number of hydrogen-bond acceptors (Lipinski definition) is 4. The number of nitrogens with zero attached hydrogens (tertiary/aromatic N) is 1. The van der Waals surface area contributed by atoms with Gasteiger partial charge in [0.15, 0.2) is 5.69 Å². The van der Waals surface area contributed by atoms with E-state index >= 15 is 0 Å². The van der Waals surface area contributed by atoms with Gasteiger partial charge >= 0.3 is 0 Å². The Morgan fingerprint density at radius 2 is 2.26 bits per heavy atom. The fraction of sp³-hybridized carbons (Fsp3) is 0.231. The van der Waals surface area contributed by atoms with E-state index in [0.29, 0.717) is 12.4 Å². The van der Waals surface area contributed by atoms with Crippen LogP contribution in [0, 0.1) is 0 Å². The van der Waals surface area contributed by atoms with E-state index in [4.69, 9.17) is 10.2 Å². The Bertz CT molecular complexity index is 581. The van der Waals surface area contributed by atoms with Crippen LogP contribution in [-0.4, -0.2) is 10.9 Å². The number of rotatable bonds is 4. The summed E-state index contributed by atoms with van der Waals surface area (Å²) < 4.78 is 6.07. The lowest BCUT2D eigenvalue weighted by Crippen LogP contribution is -2.23. The summed E-state index contributed by atoms with van der Waals surface area (Å²) in [5.41, 5.74) is 6.85. The largest absolute Gasteiger partial charge is 0.446 e. The van der Waals surface area contributed by atoms with Crippen molar-refractivity contribution in [2.75, 3.05) is 0 Å². The monoisotopic (exact) mass is 323 g/mol. The Labute approximate surface area is 119 Å². The normalized spacial score (nSPS) is 12.2. The average molecular weight is 324 g/mol. The van der Waals surface area contributed by atoms with Gasteiger partial charge < -0.3 is 15.5 Å². The summed E-state index contributed by atoms with van der Waals surface area (Å²) >= 11 is 3.42.